The Morgan fingerprint density at radius 1 is 1.39 bits per heavy atom. The molecular formula is C13H18BrN3S. The van der Waals surface area contributed by atoms with Crippen LogP contribution >= 0.6 is 27.3 Å². The van der Waals surface area contributed by atoms with Crippen LogP contribution in [0.4, 0.5) is 0 Å². The van der Waals surface area contributed by atoms with Crippen LogP contribution in [0.5, 0.6) is 0 Å². The zero-order chi connectivity index (χ0) is 12.4. The molecule has 1 saturated carbocycles. The molecule has 0 bridgehead atoms. The van der Waals surface area contributed by atoms with E-state index in [1.54, 1.807) is 0 Å². The molecule has 3 rings (SSSR count). The Bertz CT molecular complexity index is 451. The van der Waals surface area contributed by atoms with Crippen molar-refractivity contribution in [3.05, 3.63) is 20.8 Å². The van der Waals surface area contributed by atoms with Crippen molar-refractivity contribution in [3.8, 4) is 0 Å². The van der Waals surface area contributed by atoms with E-state index in [0.717, 1.165) is 32.0 Å². The van der Waals surface area contributed by atoms with E-state index >= 15 is 0 Å². The Kier molecular flexibility index (Phi) is 3.61. The first kappa shape index (κ1) is 12.5. The quantitative estimate of drug-likeness (QED) is 0.895. The highest BCUT2D eigenvalue weighted by Gasteiger charge is 2.39. The maximum Gasteiger partial charge on any atom is 0.191 e. The summed E-state index contributed by atoms with van der Waals surface area (Å²) in [4.78, 5) is 5.98. The van der Waals surface area contributed by atoms with Crippen LogP contribution in [0.2, 0.25) is 0 Å². The summed E-state index contributed by atoms with van der Waals surface area (Å²) in [5.74, 6) is 0.989. The largest absolute Gasteiger partial charge is 0.356 e. The fourth-order valence-electron chi connectivity index (χ4n) is 2.62. The average molecular weight is 328 g/mol. The second kappa shape index (κ2) is 5.21. The molecule has 2 aliphatic rings. The summed E-state index contributed by atoms with van der Waals surface area (Å²) in [7, 11) is 0. The van der Waals surface area contributed by atoms with Gasteiger partial charge in [-0.2, -0.15) is 0 Å². The Morgan fingerprint density at radius 2 is 2.28 bits per heavy atom. The average Bonchev–Trinajstić information content (AvgIpc) is 2.76. The normalized spacial score (nSPS) is 21.7. The maximum absolute atomic E-state index is 4.48. The van der Waals surface area contributed by atoms with Crippen LogP contribution < -0.4 is 10.6 Å². The second-order valence-electron chi connectivity index (χ2n) is 5.10. The van der Waals surface area contributed by atoms with E-state index in [4.69, 9.17) is 0 Å². The van der Waals surface area contributed by atoms with Gasteiger partial charge >= 0.3 is 0 Å². The summed E-state index contributed by atoms with van der Waals surface area (Å²) in [6.45, 7) is 3.00. The zero-order valence-corrected chi connectivity index (χ0v) is 12.7. The molecule has 1 aliphatic heterocycles. The number of halogens is 1. The molecule has 3 nitrogen and oxygen atoms in total. The molecule has 18 heavy (non-hydrogen) atoms. The van der Waals surface area contributed by atoms with E-state index in [2.05, 4.69) is 43.7 Å². The first-order chi connectivity index (χ1) is 8.78. The SMILES string of the molecule is Brc1ccc(C2(CNC3=NCCCN3)CCC2)s1. The van der Waals surface area contributed by atoms with E-state index < -0.39 is 0 Å². The minimum atomic E-state index is 0.346. The van der Waals surface area contributed by atoms with Gasteiger partial charge in [-0.05, 0) is 47.3 Å². The molecule has 1 aromatic heterocycles. The molecule has 0 aromatic carbocycles. The lowest BCUT2D eigenvalue weighted by molar-refractivity contribution is 0.249. The molecule has 98 valence electrons. The van der Waals surface area contributed by atoms with Crippen LogP contribution in [0.25, 0.3) is 0 Å². The number of guanidine groups is 1. The Hall–Kier alpha value is -0.550. The summed E-state index contributed by atoms with van der Waals surface area (Å²) >= 11 is 5.44. The first-order valence-electron chi connectivity index (χ1n) is 6.57. The monoisotopic (exact) mass is 327 g/mol. The Labute approximate surface area is 120 Å². The predicted octanol–water partition coefficient (Wildman–Crippen LogP) is 2.87. The van der Waals surface area contributed by atoms with Crippen LogP contribution in [0.3, 0.4) is 0 Å². The molecule has 0 unspecified atom stereocenters. The lowest BCUT2D eigenvalue weighted by atomic mass is 9.68. The van der Waals surface area contributed by atoms with Crippen molar-refractivity contribution >= 4 is 33.2 Å². The lowest BCUT2D eigenvalue weighted by Crippen LogP contribution is -2.49. The fourth-order valence-corrected chi connectivity index (χ4v) is 4.25. The van der Waals surface area contributed by atoms with Gasteiger partial charge in [0, 0.05) is 29.9 Å². The Balaban J connectivity index is 1.67. The summed E-state index contributed by atoms with van der Waals surface area (Å²) in [6.07, 6.45) is 5.08. The van der Waals surface area contributed by atoms with Gasteiger partial charge in [0.2, 0.25) is 0 Å². The second-order valence-corrected chi connectivity index (χ2v) is 7.56. The van der Waals surface area contributed by atoms with Crippen molar-refractivity contribution in [2.75, 3.05) is 19.6 Å². The third-order valence-corrected chi connectivity index (χ3v) is 5.77. The van der Waals surface area contributed by atoms with E-state index in [-0.39, 0.29) is 0 Å². The molecule has 2 heterocycles. The molecule has 1 aromatic rings. The summed E-state index contributed by atoms with van der Waals surface area (Å²) in [5.41, 5.74) is 0.346. The molecule has 0 atom stereocenters. The van der Waals surface area contributed by atoms with Gasteiger partial charge in [-0.3, -0.25) is 4.99 Å². The maximum atomic E-state index is 4.48. The van der Waals surface area contributed by atoms with Crippen molar-refractivity contribution < 1.29 is 0 Å². The molecular weight excluding hydrogens is 310 g/mol. The van der Waals surface area contributed by atoms with Gasteiger partial charge in [0.1, 0.15) is 0 Å². The smallest absolute Gasteiger partial charge is 0.191 e. The third-order valence-electron chi connectivity index (χ3n) is 3.90. The number of nitrogens with one attached hydrogen (secondary N) is 2. The van der Waals surface area contributed by atoms with E-state index in [1.165, 1.54) is 27.9 Å². The molecule has 1 aliphatic carbocycles. The summed E-state index contributed by atoms with van der Waals surface area (Å²) in [5, 5.41) is 6.83. The standard InChI is InChI=1S/C13H18BrN3S/c14-11-4-3-10(18-11)13(5-1-6-13)9-17-12-15-7-2-8-16-12/h3-4H,1-2,5-9H2,(H2,15,16,17). The lowest BCUT2D eigenvalue weighted by Gasteiger charge is -2.41. The fraction of sp³-hybridized carbons (Fsp3) is 0.615. The van der Waals surface area contributed by atoms with Gasteiger partial charge < -0.3 is 10.6 Å². The number of aliphatic imine (C=N–C) groups is 1. The number of thiophene rings is 1. The van der Waals surface area contributed by atoms with E-state index in [1.807, 2.05) is 11.3 Å². The molecule has 0 spiro atoms. The van der Waals surface area contributed by atoms with Gasteiger partial charge in [-0.25, -0.2) is 0 Å². The van der Waals surface area contributed by atoms with Gasteiger partial charge in [-0.15, -0.1) is 11.3 Å². The minimum absolute atomic E-state index is 0.346. The number of hydrogen-bond donors (Lipinski definition) is 2. The van der Waals surface area contributed by atoms with Gasteiger partial charge in [-0.1, -0.05) is 6.42 Å². The third kappa shape index (κ3) is 2.43. The first-order valence-corrected chi connectivity index (χ1v) is 8.18. The molecule has 0 saturated heterocycles. The van der Waals surface area contributed by atoms with Gasteiger partial charge in [0.15, 0.2) is 5.96 Å². The highest BCUT2D eigenvalue weighted by molar-refractivity contribution is 9.11. The minimum Gasteiger partial charge on any atom is -0.356 e. The summed E-state index contributed by atoms with van der Waals surface area (Å²) < 4.78 is 1.23. The molecule has 5 heteroatoms. The number of hydrogen-bond acceptors (Lipinski definition) is 4. The van der Waals surface area contributed by atoms with Gasteiger partial charge in [0.25, 0.3) is 0 Å². The van der Waals surface area contributed by atoms with Crippen LogP contribution in [-0.2, 0) is 5.41 Å². The zero-order valence-electron chi connectivity index (χ0n) is 10.3. The van der Waals surface area contributed by atoms with E-state index in [0.29, 0.717) is 5.41 Å². The molecule has 0 radical (unpaired) electrons. The predicted molar refractivity (Wildman–Crippen MR) is 80.5 cm³/mol. The van der Waals surface area contributed by atoms with Crippen LogP contribution in [0.1, 0.15) is 30.6 Å². The van der Waals surface area contributed by atoms with Crippen molar-refractivity contribution in [1.29, 1.82) is 0 Å². The molecule has 1 fully saturated rings. The van der Waals surface area contributed by atoms with Crippen molar-refractivity contribution in [3.63, 3.8) is 0 Å². The molecule has 2 N–H and O–H groups in total. The van der Waals surface area contributed by atoms with Crippen LogP contribution in [-0.4, -0.2) is 25.6 Å². The Morgan fingerprint density at radius 3 is 2.83 bits per heavy atom. The van der Waals surface area contributed by atoms with Crippen molar-refractivity contribution in [2.24, 2.45) is 4.99 Å². The van der Waals surface area contributed by atoms with Crippen LogP contribution in [0.15, 0.2) is 20.9 Å². The topological polar surface area (TPSA) is 36.4 Å². The van der Waals surface area contributed by atoms with Crippen LogP contribution in [0, 0.1) is 0 Å². The number of nitrogens with zero attached hydrogens (tertiary/aromatic N) is 1. The van der Waals surface area contributed by atoms with Crippen molar-refractivity contribution in [1.82, 2.24) is 10.6 Å². The van der Waals surface area contributed by atoms with Gasteiger partial charge in [0.05, 0.1) is 3.79 Å². The highest BCUT2D eigenvalue weighted by Crippen LogP contribution is 2.46. The highest BCUT2D eigenvalue weighted by atomic mass is 79.9. The van der Waals surface area contributed by atoms with Crippen molar-refractivity contribution in [2.45, 2.75) is 31.1 Å². The van der Waals surface area contributed by atoms with E-state index in [9.17, 15) is 0 Å². The summed E-state index contributed by atoms with van der Waals surface area (Å²) in [6, 6.07) is 4.43. The molecule has 0 amide bonds. The number of rotatable bonds is 3.